The van der Waals surface area contributed by atoms with Crippen molar-refractivity contribution in [2.75, 3.05) is 0 Å². The summed E-state index contributed by atoms with van der Waals surface area (Å²) in [6.45, 7) is 0. The van der Waals surface area contributed by atoms with Crippen LogP contribution in [0.2, 0.25) is 0 Å². The smallest absolute Gasteiger partial charge is 0.238 e. The van der Waals surface area contributed by atoms with Gasteiger partial charge in [-0.05, 0) is 55.4 Å². The number of halogens is 1. The Labute approximate surface area is 115 Å². The van der Waals surface area contributed by atoms with Crippen molar-refractivity contribution in [1.29, 1.82) is 0 Å². The number of primary sulfonamides is 1. The van der Waals surface area contributed by atoms with Crippen LogP contribution in [0, 0.1) is 0 Å². The van der Waals surface area contributed by atoms with E-state index in [4.69, 9.17) is 5.14 Å². The SMILES string of the molecule is NS(=O)(=O)c1ccc(Br)cc1[C@H]1CC[C@H](O)CC1. The highest BCUT2D eigenvalue weighted by molar-refractivity contribution is 9.10. The van der Waals surface area contributed by atoms with Gasteiger partial charge in [-0.25, -0.2) is 13.6 Å². The number of hydrogen-bond acceptors (Lipinski definition) is 3. The average molecular weight is 334 g/mol. The van der Waals surface area contributed by atoms with Gasteiger partial charge in [-0.15, -0.1) is 0 Å². The van der Waals surface area contributed by atoms with Crippen LogP contribution in [0.25, 0.3) is 0 Å². The van der Waals surface area contributed by atoms with E-state index < -0.39 is 10.0 Å². The molecule has 0 radical (unpaired) electrons. The van der Waals surface area contributed by atoms with E-state index in [9.17, 15) is 13.5 Å². The lowest BCUT2D eigenvalue weighted by Crippen LogP contribution is -2.20. The molecule has 0 unspecified atom stereocenters. The zero-order chi connectivity index (χ0) is 13.3. The number of rotatable bonds is 2. The Balaban J connectivity index is 2.40. The van der Waals surface area contributed by atoms with Crippen molar-refractivity contribution in [3.63, 3.8) is 0 Å². The van der Waals surface area contributed by atoms with E-state index in [1.807, 2.05) is 6.07 Å². The Morgan fingerprint density at radius 1 is 1.22 bits per heavy atom. The summed E-state index contributed by atoms with van der Waals surface area (Å²) in [4.78, 5) is 0.201. The Morgan fingerprint density at radius 2 is 1.83 bits per heavy atom. The van der Waals surface area contributed by atoms with Gasteiger partial charge in [0.1, 0.15) is 0 Å². The Hall–Kier alpha value is -0.430. The molecule has 0 aliphatic heterocycles. The third-order valence-electron chi connectivity index (χ3n) is 3.41. The predicted octanol–water partition coefficient (Wildman–Crippen LogP) is 2.12. The molecule has 2 rings (SSSR count). The van der Waals surface area contributed by atoms with Gasteiger partial charge in [-0.3, -0.25) is 0 Å². The summed E-state index contributed by atoms with van der Waals surface area (Å²) in [7, 11) is -3.70. The molecule has 0 atom stereocenters. The van der Waals surface area contributed by atoms with E-state index in [0.29, 0.717) is 12.8 Å². The minimum atomic E-state index is -3.70. The van der Waals surface area contributed by atoms with Crippen LogP contribution in [0.15, 0.2) is 27.6 Å². The number of aliphatic hydroxyl groups excluding tert-OH is 1. The fourth-order valence-corrected chi connectivity index (χ4v) is 3.67. The summed E-state index contributed by atoms with van der Waals surface area (Å²) >= 11 is 3.36. The zero-order valence-electron chi connectivity index (χ0n) is 9.84. The number of nitrogens with two attached hydrogens (primary N) is 1. The van der Waals surface area contributed by atoms with E-state index in [-0.39, 0.29) is 16.9 Å². The van der Waals surface area contributed by atoms with E-state index in [2.05, 4.69) is 15.9 Å². The summed E-state index contributed by atoms with van der Waals surface area (Å²) in [5, 5.41) is 14.8. The van der Waals surface area contributed by atoms with Gasteiger partial charge >= 0.3 is 0 Å². The number of hydrogen-bond donors (Lipinski definition) is 2. The highest BCUT2D eigenvalue weighted by Crippen LogP contribution is 2.37. The summed E-state index contributed by atoms with van der Waals surface area (Å²) in [5.74, 6) is 0.152. The lowest BCUT2D eigenvalue weighted by atomic mass is 9.83. The predicted molar refractivity (Wildman–Crippen MR) is 72.7 cm³/mol. The molecule has 1 aromatic carbocycles. The molecule has 1 aliphatic rings. The fraction of sp³-hybridized carbons (Fsp3) is 0.500. The maximum absolute atomic E-state index is 11.6. The molecule has 0 spiro atoms. The molecule has 100 valence electrons. The first-order chi connectivity index (χ1) is 8.38. The molecule has 0 bridgehead atoms. The highest BCUT2D eigenvalue weighted by Gasteiger charge is 2.25. The third kappa shape index (κ3) is 3.12. The standard InChI is InChI=1S/C12H16BrNO3S/c13-9-3-6-12(18(14,16)17)11(7-9)8-1-4-10(15)5-2-8/h3,6-8,10,15H,1-2,4-5H2,(H2,14,16,17)/t8-,10-. The molecule has 0 amide bonds. The van der Waals surface area contributed by atoms with Crippen LogP contribution in [0.3, 0.4) is 0 Å². The number of benzene rings is 1. The van der Waals surface area contributed by atoms with Crippen molar-refractivity contribution in [1.82, 2.24) is 0 Å². The lowest BCUT2D eigenvalue weighted by molar-refractivity contribution is 0.122. The Kier molecular flexibility index (Phi) is 4.11. The van der Waals surface area contributed by atoms with Crippen LogP contribution in [-0.4, -0.2) is 19.6 Å². The van der Waals surface area contributed by atoms with Crippen molar-refractivity contribution in [2.45, 2.75) is 42.6 Å². The van der Waals surface area contributed by atoms with Gasteiger partial charge in [0.05, 0.1) is 11.0 Å². The Morgan fingerprint density at radius 3 is 2.39 bits per heavy atom. The van der Waals surface area contributed by atoms with Crippen molar-refractivity contribution in [3.05, 3.63) is 28.2 Å². The molecular weight excluding hydrogens is 318 g/mol. The van der Waals surface area contributed by atoms with Gasteiger partial charge in [-0.2, -0.15) is 0 Å². The largest absolute Gasteiger partial charge is 0.393 e. The summed E-state index contributed by atoms with van der Waals surface area (Å²) in [6, 6.07) is 5.04. The summed E-state index contributed by atoms with van der Waals surface area (Å²) in [5.41, 5.74) is 0.763. The molecule has 6 heteroatoms. The van der Waals surface area contributed by atoms with E-state index in [0.717, 1.165) is 22.9 Å². The lowest BCUT2D eigenvalue weighted by Gasteiger charge is -2.27. The molecule has 4 nitrogen and oxygen atoms in total. The molecule has 1 aromatic rings. The second kappa shape index (κ2) is 5.28. The molecule has 3 N–H and O–H groups in total. The van der Waals surface area contributed by atoms with Crippen molar-refractivity contribution < 1.29 is 13.5 Å². The third-order valence-corrected chi connectivity index (χ3v) is 4.89. The Bertz CT molecular complexity index is 536. The van der Waals surface area contributed by atoms with E-state index in [1.165, 1.54) is 0 Å². The maximum Gasteiger partial charge on any atom is 0.238 e. The minimum Gasteiger partial charge on any atom is -0.393 e. The van der Waals surface area contributed by atoms with Crippen LogP contribution in [0.4, 0.5) is 0 Å². The van der Waals surface area contributed by atoms with Gasteiger partial charge in [0.25, 0.3) is 0 Å². The molecule has 1 aliphatic carbocycles. The number of aliphatic hydroxyl groups is 1. The molecule has 0 saturated heterocycles. The van der Waals surface area contributed by atoms with Gasteiger partial charge < -0.3 is 5.11 Å². The summed E-state index contributed by atoms with van der Waals surface area (Å²) < 4.78 is 24.0. The summed E-state index contributed by atoms with van der Waals surface area (Å²) in [6.07, 6.45) is 2.74. The topological polar surface area (TPSA) is 80.4 Å². The second-order valence-electron chi connectivity index (χ2n) is 4.73. The van der Waals surface area contributed by atoms with Gasteiger partial charge in [0.2, 0.25) is 10.0 Å². The maximum atomic E-state index is 11.6. The van der Waals surface area contributed by atoms with Crippen LogP contribution in [0.5, 0.6) is 0 Å². The van der Waals surface area contributed by atoms with E-state index >= 15 is 0 Å². The first-order valence-electron chi connectivity index (χ1n) is 5.88. The van der Waals surface area contributed by atoms with Crippen LogP contribution in [-0.2, 0) is 10.0 Å². The zero-order valence-corrected chi connectivity index (χ0v) is 12.2. The highest BCUT2D eigenvalue weighted by atomic mass is 79.9. The van der Waals surface area contributed by atoms with Crippen molar-refractivity contribution in [2.24, 2.45) is 5.14 Å². The fourth-order valence-electron chi connectivity index (χ4n) is 2.48. The first kappa shape index (κ1) is 14.0. The molecule has 0 aromatic heterocycles. The van der Waals surface area contributed by atoms with E-state index in [1.54, 1.807) is 12.1 Å². The molecule has 18 heavy (non-hydrogen) atoms. The molecule has 1 fully saturated rings. The minimum absolute atomic E-state index is 0.152. The van der Waals surface area contributed by atoms with Gasteiger partial charge in [-0.1, -0.05) is 15.9 Å². The van der Waals surface area contributed by atoms with Crippen molar-refractivity contribution in [3.8, 4) is 0 Å². The molecule has 1 saturated carbocycles. The number of sulfonamides is 1. The molecule has 0 heterocycles. The first-order valence-corrected chi connectivity index (χ1v) is 8.22. The van der Waals surface area contributed by atoms with Gasteiger partial charge in [0, 0.05) is 4.47 Å². The van der Waals surface area contributed by atoms with Crippen LogP contribution < -0.4 is 5.14 Å². The second-order valence-corrected chi connectivity index (χ2v) is 7.18. The quantitative estimate of drug-likeness (QED) is 0.869. The monoisotopic (exact) mass is 333 g/mol. The van der Waals surface area contributed by atoms with Crippen LogP contribution >= 0.6 is 15.9 Å². The van der Waals surface area contributed by atoms with Crippen molar-refractivity contribution >= 4 is 26.0 Å². The van der Waals surface area contributed by atoms with Crippen LogP contribution in [0.1, 0.15) is 37.2 Å². The average Bonchev–Trinajstić information content (AvgIpc) is 2.28. The normalized spacial score (nSPS) is 25.1. The molecular formula is C12H16BrNO3S. The van der Waals surface area contributed by atoms with Gasteiger partial charge in [0.15, 0.2) is 0 Å².